The van der Waals surface area contributed by atoms with Crippen molar-refractivity contribution in [1.29, 1.82) is 0 Å². The van der Waals surface area contributed by atoms with E-state index in [0.717, 1.165) is 0 Å². The van der Waals surface area contributed by atoms with E-state index in [0.29, 0.717) is 0 Å². The number of hydrogen-bond donors (Lipinski definition) is 2. The third-order valence-electron chi connectivity index (χ3n) is 2.15. The molecule has 9 heteroatoms. The molecular formula is C10H10F3N3O2S. The maximum absolute atomic E-state index is 12.1. The largest absolute Gasteiger partial charge is 0.446 e. The third-order valence-corrected chi connectivity index (χ3v) is 2.89. The Bertz CT molecular complexity index is 460. The molecule has 19 heavy (non-hydrogen) atoms. The van der Waals surface area contributed by atoms with Crippen LogP contribution in [0.2, 0.25) is 0 Å². The van der Waals surface area contributed by atoms with E-state index in [1.807, 2.05) is 0 Å². The fraction of sp³-hybridized carbons (Fsp3) is 0.400. The van der Waals surface area contributed by atoms with Crippen LogP contribution in [-0.4, -0.2) is 28.4 Å². The van der Waals surface area contributed by atoms with Crippen LogP contribution in [0.1, 0.15) is 11.7 Å². The van der Waals surface area contributed by atoms with Gasteiger partial charge < -0.3 is 10.2 Å². The van der Waals surface area contributed by atoms with E-state index in [9.17, 15) is 23.4 Å². The summed E-state index contributed by atoms with van der Waals surface area (Å²) in [6.07, 6.45) is -2.63. The van der Waals surface area contributed by atoms with Gasteiger partial charge in [0.1, 0.15) is 6.10 Å². The summed E-state index contributed by atoms with van der Waals surface area (Å²) in [7, 11) is 0. The number of azide groups is 1. The fourth-order valence-corrected chi connectivity index (χ4v) is 1.85. The third kappa shape index (κ3) is 5.39. The lowest BCUT2D eigenvalue weighted by Crippen LogP contribution is -2.21. The Morgan fingerprint density at radius 1 is 1.26 bits per heavy atom. The number of benzene rings is 1. The monoisotopic (exact) mass is 293 g/mol. The second-order valence-electron chi connectivity index (χ2n) is 3.54. The van der Waals surface area contributed by atoms with E-state index >= 15 is 0 Å². The standard InChI is InChI=1S/C10H10F3N3O2S/c11-10(12,13)19-7-3-1-6(2-4-7)9(18)8(17)5-15-16-14/h1-4,8-9,17-18H,5H2. The highest BCUT2D eigenvalue weighted by atomic mass is 32.2. The summed E-state index contributed by atoms with van der Waals surface area (Å²) in [5, 5.41) is 22.2. The molecule has 0 bridgehead atoms. The minimum absolute atomic E-state index is 0.0204. The summed E-state index contributed by atoms with van der Waals surface area (Å²) < 4.78 is 36.3. The lowest BCUT2D eigenvalue weighted by Gasteiger charge is -2.16. The molecule has 5 nitrogen and oxygen atoms in total. The van der Waals surface area contributed by atoms with Gasteiger partial charge in [-0.1, -0.05) is 17.2 Å². The van der Waals surface area contributed by atoms with Crippen molar-refractivity contribution in [3.05, 3.63) is 40.3 Å². The summed E-state index contributed by atoms with van der Waals surface area (Å²) in [4.78, 5) is 2.41. The van der Waals surface area contributed by atoms with E-state index in [2.05, 4.69) is 10.0 Å². The van der Waals surface area contributed by atoms with Crippen molar-refractivity contribution in [2.24, 2.45) is 5.11 Å². The first kappa shape index (κ1) is 15.6. The molecule has 0 saturated heterocycles. The predicted molar refractivity (Wildman–Crippen MR) is 63.3 cm³/mol. The first-order chi connectivity index (χ1) is 8.83. The molecule has 0 heterocycles. The highest BCUT2D eigenvalue weighted by Gasteiger charge is 2.29. The molecule has 104 valence electrons. The number of hydrogen-bond acceptors (Lipinski definition) is 4. The maximum Gasteiger partial charge on any atom is 0.446 e. The second kappa shape index (κ2) is 6.67. The predicted octanol–water partition coefficient (Wildman–Crippen LogP) is 3.00. The number of nitrogens with zero attached hydrogens (tertiary/aromatic N) is 3. The van der Waals surface area contributed by atoms with Crippen LogP contribution in [0.4, 0.5) is 13.2 Å². The number of rotatable bonds is 5. The number of aliphatic hydroxyl groups is 2. The van der Waals surface area contributed by atoms with Gasteiger partial charge in [0.15, 0.2) is 0 Å². The molecule has 0 amide bonds. The van der Waals surface area contributed by atoms with E-state index in [-0.39, 0.29) is 28.8 Å². The molecule has 1 aromatic rings. The molecule has 2 N–H and O–H groups in total. The molecule has 0 aromatic heterocycles. The molecule has 0 aliphatic carbocycles. The number of halogens is 3. The van der Waals surface area contributed by atoms with Gasteiger partial charge in [-0.3, -0.25) is 0 Å². The topological polar surface area (TPSA) is 89.2 Å². The quantitative estimate of drug-likeness (QED) is 0.378. The van der Waals surface area contributed by atoms with Crippen molar-refractivity contribution in [3.8, 4) is 0 Å². The minimum atomic E-state index is -4.37. The molecule has 1 aromatic carbocycles. The van der Waals surface area contributed by atoms with Gasteiger partial charge in [-0.2, -0.15) is 13.2 Å². The Hall–Kier alpha value is -1.41. The highest BCUT2D eigenvalue weighted by molar-refractivity contribution is 8.00. The first-order valence-electron chi connectivity index (χ1n) is 5.06. The molecule has 0 spiro atoms. The number of alkyl halides is 3. The van der Waals surface area contributed by atoms with Crippen molar-refractivity contribution in [2.45, 2.75) is 22.6 Å². The Balaban J connectivity index is 2.72. The average Bonchev–Trinajstić information content (AvgIpc) is 2.34. The van der Waals surface area contributed by atoms with Crippen molar-refractivity contribution in [1.82, 2.24) is 0 Å². The summed E-state index contributed by atoms with van der Waals surface area (Å²) in [5.41, 5.74) is 3.94. The summed E-state index contributed by atoms with van der Waals surface area (Å²) in [6.45, 7) is -0.323. The van der Waals surface area contributed by atoms with Gasteiger partial charge in [-0.15, -0.1) is 0 Å². The summed E-state index contributed by atoms with van der Waals surface area (Å²) in [5.74, 6) is 0. The summed E-state index contributed by atoms with van der Waals surface area (Å²) >= 11 is -0.267. The molecule has 0 saturated carbocycles. The first-order valence-corrected chi connectivity index (χ1v) is 5.88. The SMILES string of the molecule is [N-]=[N+]=NCC(O)C(O)c1ccc(SC(F)(F)F)cc1. The van der Waals surface area contributed by atoms with E-state index in [1.165, 1.54) is 24.3 Å². The average molecular weight is 293 g/mol. The van der Waals surface area contributed by atoms with Gasteiger partial charge in [-0.25, -0.2) is 0 Å². The van der Waals surface area contributed by atoms with Crippen molar-refractivity contribution in [2.75, 3.05) is 6.54 Å². The van der Waals surface area contributed by atoms with Crippen LogP contribution in [0.3, 0.4) is 0 Å². The lowest BCUT2D eigenvalue weighted by molar-refractivity contribution is -0.0328. The van der Waals surface area contributed by atoms with Crippen LogP contribution in [0, 0.1) is 0 Å². The van der Waals surface area contributed by atoms with Crippen LogP contribution in [0.15, 0.2) is 34.3 Å². The lowest BCUT2D eigenvalue weighted by atomic mass is 10.0. The smallest absolute Gasteiger partial charge is 0.390 e. The number of thioether (sulfide) groups is 1. The van der Waals surface area contributed by atoms with Crippen LogP contribution < -0.4 is 0 Å². The van der Waals surface area contributed by atoms with Gasteiger partial charge >= 0.3 is 5.51 Å². The van der Waals surface area contributed by atoms with Gasteiger partial charge in [0.25, 0.3) is 0 Å². The van der Waals surface area contributed by atoms with Crippen LogP contribution in [0.5, 0.6) is 0 Å². The molecule has 0 aliphatic rings. The van der Waals surface area contributed by atoms with Crippen LogP contribution in [0.25, 0.3) is 10.4 Å². The van der Waals surface area contributed by atoms with Gasteiger partial charge in [0.2, 0.25) is 0 Å². The number of aliphatic hydroxyl groups excluding tert-OH is 2. The minimum Gasteiger partial charge on any atom is -0.390 e. The Labute approximate surface area is 110 Å². The van der Waals surface area contributed by atoms with E-state index in [4.69, 9.17) is 5.53 Å². The molecular weight excluding hydrogens is 283 g/mol. The Morgan fingerprint density at radius 2 is 1.84 bits per heavy atom. The van der Waals surface area contributed by atoms with Crippen LogP contribution >= 0.6 is 11.8 Å². The van der Waals surface area contributed by atoms with Crippen molar-refractivity contribution < 1.29 is 23.4 Å². The Morgan fingerprint density at radius 3 is 2.32 bits per heavy atom. The fourth-order valence-electron chi connectivity index (χ4n) is 1.31. The summed E-state index contributed by atoms with van der Waals surface area (Å²) in [6, 6.07) is 4.93. The molecule has 2 atom stereocenters. The van der Waals surface area contributed by atoms with Crippen molar-refractivity contribution >= 4 is 11.8 Å². The zero-order valence-electron chi connectivity index (χ0n) is 9.45. The normalized spacial score (nSPS) is 14.6. The highest BCUT2D eigenvalue weighted by Crippen LogP contribution is 2.37. The molecule has 2 unspecified atom stereocenters. The van der Waals surface area contributed by atoms with Crippen molar-refractivity contribution in [3.63, 3.8) is 0 Å². The van der Waals surface area contributed by atoms with Crippen LogP contribution in [-0.2, 0) is 0 Å². The van der Waals surface area contributed by atoms with E-state index < -0.39 is 17.7 Å². The molecule has 0 aliphatic heterocycles. The van der Waals surface area contributed by atoms with Gasteiger partial charge in [0, 0.05) is 9.81 Å². The maximum atomic E-state index is 12.1. The van der Waals surface area contributed by atoms with Gasteiger partial charge in [0.05, 0.1) is 12.6 Å². The zero-order valence-corrected chi connectivity index (χ0v) is 10.3. The van der Waals surface area contributed by atoms with Gasteiger partial charge in [-0.05, 0) is 35.0 Å². The molecule has 1 rings (SSSR count). The second-order valence-corrected chi connectivity index (χ2v) is 4.68. The van der Waals surface area contributed by atoms with E-state index in [1.54, 1.807) is 0 Å². The molecule has 0 fully saturated rings. The zero-order chi connectivity index (χ0) is 14.5. The molecule has 0 radical (unpaired) electrons. The Kier molecular flexibility index (Phi) is 5.49.